The zero-order valence-electron chi connectivity index (χ0n) is 13.3. The fourth-order valence-electron chi connectivity index (χ4n) is 3.21. The van der Waals surface area contributed by atoms with E-state index in [1.54, 1.807) is 0 Å². The summed E-state index contributed by atoms with van der Waals surface area (Å²) in [6.45, 7) is 3.57. The van der Waals surface area contributed by atoms with Crippen LogP contribution < -0.4 is 5.32 Å². The molecule has 1 aliphatic heterocycles. The molecule has 0 radical (unpaired) electrons. The highest BCUT2D eigenvalue weighted by Gasteiger charge is 2.29. The number of rotatable bonds is 4. The molecule has 0 aromatic carbocycles. The SMILES string of the molecule is Cc1nc2c(c(NC3CC3)n1)CCN(C(=O)CC1CC1)CC2. The molecule has 2 heterocycles. The van der Waals surface area contributed by atoms with Gasteiger partial charge in [-0.2, -0.15) is 0 Å². The van der Waals surface area contributed by atoms with Crippen LogP contribution in [0.25, 0.3) is 0 Å². The molecular formula is C17H24N4O. The van der Waals surface area contributed by atoms with Crippen LogP contribution in [0.4, 0.5) is 5.82 Å². The van der Waals surface area contributed by atoms with Crippen molar-refractivity contribution in [2.45, 2.75) is 57.9 Å². The van der Waals surface area contributed by atoms with Crippen molar-refractivity contribution in [3.8, 4) is 0 Å². The van der Waals surface area contributed by atoms with Gasteiger partial charge in [-0.1, -0.05) is 0 Å². The van der Waals surface area contributed by atoms with Gasteiger partial charge in [0.15, 0.2) is 0 Å². The monoisotopic (exact) mass is 300 g/mol. The maximum absolute atomic E-state index is 12.4. The molecule has 118 valence electrons. The molecule has 5 nitrogen and oxygen atoms in total. The summed E-state index contributed by atoms with van der Waals surface area (Å²) in [5.41, 5.74) is 2.37. The first-order valence-electron chi connectivity index (χ1n) is 8.60. The molecule has 0 spiro atoms. The van der Waals surface area contributed by atoms with Crippen molar-refractivity contribution in [2.75, 3.05) is 18.4 Å². The van der Waals surface area contributed by atoms with Gasteiger partial charge in [0.05, 0.1) is 5.69 Å². The lowest BCUT2D eigenvalue weighted by molar-refractivity contribution is -0.131. The van der Waals surface area contributed by atoms with E-state index in [4.69, 9.17) is 0 Å². The fraction of sp³-hybridized carbons (Fsp3) is 0.706. The lowest BCUT2D eigenvalue weighted by Gasteiger charge is -2.20. The molecule has 1 N–H and O–H groups in total. The number of hydrogen-bond donors (Lipinski definition) is 1. The van der Waals surface area contributed by atoms with Crippen LogP contribution in [0.1, 0.15) is 49.2 Å². The van der Waals surface area contributed by atoms with Crippen LogP contribution in [0.2, 0.25) is 0 Å². The van der Waals surface area contributed by atoms with Gasteiger partial charge in [-0.05, 0) is 44.9 Å². The number of fused-ring (bicyclic) bond motifs is 1. The Hall–Kier alpha value is -1.65. The number of amides is 1. The summed E-state index contributed by atoms with van der Waals surface area (Å²) in [6, 6.07) is 0.592. The Bertz CT molecular complexity index is 593. The molecule has 1 amide bonds. The maximum Gasteiger partial charge on any atom is 0.222 e. The molecule has 0 atom stereocenters. The summed E-state index contributed by atoms with van der Waals surface area (Å²) < 4.78 is 0. The van der Waals surface area contributed by atoms with Crippen LogP contribution in [-0.2, 0) is 17.6 Å². The van der Waals surface area contributed by atoms with Gasteiger partial charge in [0.1, 0.15) is 11.6 Å². The summed E-state index contributed by atoms with van der Waals surface area (Å²) in [7, 11) is 0. The van der Waals surface area contributed by atoms with Gasteiger partial charge in [0.25, 0.3) is 0 Å². The van der Waals surface area contributed by atoms with Gasteiger partial charge < -0.3 is 10.2 Å². The van der Waals surface area contributed by atoms with Crippen molar-refractivity contribution in [2.24, 2.45) is 5.92 Å². The number of carbonyl (C=O) groups is 1. The Morgan fingerprint density at radius 2 is 1.95 bits per heavy atom. The predicted octanol–water partition coefficient (Wildman–Crippen LogP) is 2.09. The van der Waals surface area contributed by atoms with E-state index in [0.717, 1.165) is 49.7 Å². The van der Waals surface area contributed by atoms with E-state index >= 15 is 0 Å². The number of nitrogens with one attached hydrogen (secondary N) is 1. The first kappa shape index (κ1) is 14.0. The molecule has 3 aliphatic rings. The van der Waals surface area contributed by atoms with Gasteiger partial charge in [-0.3, -0.25) is 4.79 Å². The number of nitrogens with zero attached hydrogens (tertiary/aromatic N) is 3. The van der Waals surface area contributed by atoms with Crippen LogP contribution in [0.5, 0.6) is 0 Å². The van der Waals surface area contributed by atoms with E-state index < -0.39 is 0 Å². The molecule has 1 aromatic rings. The molecule has 2 saturated carbocycles. The van der Waals surface area contributed by atoms with Crippen LogP contribution in [0, 0.1) is 12.8 Å². The average molecular weight is 300 g/mol. The first-order chi connectivity index (χ1) is 10.7. The third-order valence-corrected chi connectivity index (χ3v) is 4.89. The number of aromatic nitrogens is 2. The second kappa shape index (κ2) is 5.52. The zero-order valence-corrected chi connectivity index (χ0v) is 13.3. The second-order valence-corrected chi connectivity index (χ2v) is 6.99. The lowest BCUT2D eigenvalue weighted by Crippen LogP contribution is -2.33. The maximum atomic E-state index is 12.4. The van der Waals surface area contributed by atoms with E-state index in [-0.39, 0.29) is 0 Å². The van der Waals surface area contributed by atoms with E-state index in [2.05, 4.69) is 15.3 Å². The Labute approximate surface area is 131 Å². The molecule has 0 bridgehead atoms. The van der Waals surface area contributed by atoms with Crippen LogP contribution in [-0.4, -0.2) is 39.9 Å². The minimum atomic E-state index is 0.330. The highest BCUT2D eigenvalue weighted by atomic mass is 16.2. The van der Waals surface area contributed by atoms with Gasteiger partial charge in [-0.25, -0.2) is 9.97 Å². The molecule has 5 heteroatoms. The van der Waals surface area contributed by atoms with E-state index in [1.807, 2.05) is 11.8 Å². The summed E-state index contributed by atoms with van der Waals surface area (Å²) in [5, 5.41) is 3.54. The molecule has 0 unspecified atom stereocenters. The van der Waals surface area contributed by atoms with Crippen molar-refractivity contribution in [3.63, 3.8) is 0 Å². The van der Waals surface area contributed by atoms with Gasteiger partial charge in [-0.15, -0.1) is 0 Å². The molecule has 0 saturated heterocycles. The Balaban J connectivity index is 1.51. The Kier molecular flexibility index (Phi) is 3.51. The first-order valence-corrected chi connectivity index (χ1v) is 8.60. The second-order valence-electron chi connectivity index (χ2n) is 6.99. The summed E-state index contributed by atoms with van der Waals surface area (Å²) in [6.07, 6.45) is 7.43. The quantitative estimate of drug-likeness (QED) is 0.925. The van der Waals surface area contributed by atoms with Crippen molar-refractivity contribution in [1.82, 2.24) is 14.9 Å². The smallest absolute Gasteiger partial charge is 0.222 e. The van der Waals surface area contributed by atoms with E-state index in [9.17, 15) is 4.79 Å². The number of anilines is 1. The minimum Gasteiger partial charge on any atom is -0.367 e. The minimum absolute atomic E-state index is 0.330. The van der Waals surface area contributed by atoms with E-state index in [1.165, 1.54) is 31.2 Å². The highest BCUT2D eigenvalue weighted by molar-refractivity contribution is 5.77. The molecule has 2 aliphatic carbocycles. The van der Waals surface area contributed by atoms with Crippen LogP contribution >= 0.6 is 0 Å². The fourth-order valence-corrected chi connectivity index (χ4v) is 3.21. The Morgan fingerprint density at radius 1 is 1.18 bits per heavy atom. The molecule has 22 heavy (non-hydrogen) atoms. The van der Waals surface area contributed by atoms with Crippen LogP contribution in [0.3, 0.4) is 0 Å². The summed E-state index contributed by atoms with van der Waals surface area (Å²) in [5.74, 6) is 2.84. The number of hydrogen-bond acceptors (Lipinski definition) is 4. The molecule has 4 rings (SSSR count). The largest absolute Gasteiger partial charge is 0.367 e. The normalized spacial score (nSPS) is 21.2. The molecule has 2 fully saturated rings. The van der Waals surface area contributed by atoms with Crippen molar-refractivity contribution in [3.05, 3.63) is 17.1 Å². The van der Waals surface area contributed by atoms with Crippen molar-refractivity contribution < 1.29 is 4.79 Å². The highest BCUT2D eigenvalue weighted by Crippen LogP contribution is 2.33. The van der Waals surface area contributed by atoms with E-state index in [0.29, 0.717) is 17.9 Å². The van der Waals surface area contributed by atoms with Gasteiger partial charge >= 0.3 is 0 Å². The lowest BCUT2D eigenvalue weighted by atomic mass is 10.1. The number of aryl methyl sites for hydroxylation is 1. The topological polar surface area (TPSA) is 58.1 Å². The third kappa shape index (κ3) is 3.08. The van der Waals surface area contributed by atoms with Crippen LogP contribution in [0.15, 0.2) is 0 Å². The average Bonchev–Trinajstić information content (AvgIpc) is 3.33. The Morgan fingerprint density at radius 3 is 2.68 bits per heavy atom. The summed E-state index contributed by atoms with van der Waals surface area (Å²) >= 11 is 0. The third-order valence-electron chi connectivity index (χ3n) is 4.89. The van der Waals surface area contributed by atoms with Gasteiger partial charge in [0, 0.05) is 37.5 Å². The van der Waals surface area contributed by atoms with Gasteiger partial charge in [0.2, 0.25) is 5.91 Å². The zero-order chi connectivity index (χ0) is 15.1. The predicted molar refractivity (Wildman–Crippen MR) is 84.7 cm³/mol. The number of carbonyl (C=O) groups excluding carboxylic acids is 1. The summed E-state index contributed by atoms with van der Waals surface area (Å²) in [4.78, 5) is 23.7. The van der Waals surface area contributed by atoms with Crippen molar-refractivity contribution in [1.29, 1.82) is 0 Å². The standard InChI is InChI=1S/C17H24N4O/c1-11-18-15-7-9-21(16(22)10-12-2-3-12)8-6-14(15)17(19-11)20-13-4-5-13/h12-13H,2-10H2,1H3,(H,18,19,20). The van der Waals surface area contributed by atoms with Crippen molar-refractivity contribution >= 4 is 11.7 Å². The molecule has 1 aromatic heterocycles. The molecular weight excluding hydrogens is 276 g/mol.